The van der Waals surface area contributed by atoms with Crippen LogP contribution in [0.1, 0.15) is 0 Å². The topological polar surface area (TPSA) is 20.2 Å². The monoisotopic (exact) mass is 110 g/mol. The Labute approximate surface area is 49.7 Å². The van der Waals surface area contributed by atoms with Crippen molar-refractivity contribution in [2.45, 2.75) is 0 Å². The van der Waals surface area contributed by atoms with E-state index in [9.17, 15) is 0 Å². The second kappa shape index (κ2) is 4.34. The fourth-order valence-electron chi connectivity index (χ4n) is 0.355. The molecule has 0 aromatic rings. The molecule has 0 saturated heterocycles. The summed E-state index contributed by atoms with van der Waals surface area (Å²) < 4.78 is 0. The van der Waals surface area contributed by atoms with E-state index in [-0.39, 0.29) is 6.61 Å². The Morgan fingerprint density at radius 1 is 1.38 bits per heavy atom. The molecule has 0 aromatic heterocycles. The standard InChI is InChI=1S/C7H10O/c1-3-7(4-2)5-6-8/h3-5,8H,1-2,6H2. The van der Waals surface area contributed by atoms with E-state index in [1.165, 1.54) is 0 Å². The maximum Gasteiger partial charge on any atom is 0.0621 e. The summed E-state index contributed by atoms with van der Waals surface area (Å²) in [6.07, 6.45) is 4.92. The average Bonchev–Trinajstić information content (AvgIpc) is 1.83. The first-order valence-electron chi connectivity index (χ1n) is 2.41. The van der Waals surface area contributed by atoms with Crippen LogP contribution in [-0.2, 0) is 0 Å². The number of aliphatic hydroxyl groups is 1. The molecule has 0 atom stereocenters. The molecule has 8 heavy (non-hydrogen) atoms. The predicted octanol–water partition coefficient (Wildman–Crippen LogP) is 1.28. The molecule has 0 aliphatic heterocycles. The van der Waals surface area contributed by atoms with Gasteiger partial charge in [0, 0.05) is 0 Å². The summed E-state index contributed by atoms with van der Waals surface area (Å²) in [5, 5.41) is 8.33. The van der Waals surface area contributed by atoms with Crippen molar-refractivity contribution in [2.24, 2.45) is 0 Å². The lowest BCUT2D eigenvalue weighted by Crippen LogP contribution is -1.75. The lowest BCUT2D eigenvalue weighted by atomic mass is 10.2. The summed E-state index contributed by atoms with van der Waals surface area (Å²) in [5.74, 6) is 0. The molecule has 0 bridgehead atoms. The third kappa shape index (κ3) is 2.37. The van der Waals surface area contributed by atoms with Crippen molar-refractivity contribution in [1.29, 1.82) is 0 Å². The highest BCUT2D eigenvalue weighted by atomic mass is 16.2. The van der Waals surface area contributed by atoms with Crippen LogP contribution >= 0.6 is 0 Å². The first-order chi connectivity index (χ1) is 3.85. The summed E-state index contributed by atoms with van der Waals surface area (Å²) in [7, 11) is 0. The summed E-state index contributed by atoms with van der Waals surface area (Å²) in [4.78, 5) is 0. The molecule has 0 aliphatic rings. The van der Waals surface area contributed by atoms with Crippen molar-refractivity contribution >= 4 is 0 Å². The van der Waals surface area contributed by atoms with Crippen LogP contribution in [0.4, 0.5) is 0 Å². The van der Waals surface area contributed by atoms with E-state index < -0.39 is 0 Å². The first-order valence-corrected chi connectivity index (χ1v) is 2.41. The van der Waals surface area contributed by atoms with Gasteiger partial charge < -0.3 is 5.11 Å². The van der Waals surface area contributed by atoms with Gasteiger partial charge in [-0.15, -0.1) is 0 Å². The van der Waals surface area contributed by atoms with Crippen LogP contribution in [0.3, 0.4) is 0 Å². The Hall–Kier alpha value is -0.820. The van der Waals surface area contributed by atoms with Gasteiger partial charge in [0.05, 0.1) is 6.61 Å². The van der Waals surface area contributed by atoms with Crippen LogP contribution in [0.25, 0.3) is 0 Å². The van der Waals surface area contributed by atoms with Crippen LogP contribution < -0.4 is 0 Å². The Balaban J connectivity index is 3.85. The zero-order valence-electron chi connectivity index (χ0n) is 4.80. The van der Waals surface area contributed by atoms with E-state index in [1.54, 1.807) is 18.2 Å². The lowest BCUT2D eigenvalue weighted by Gasteiger charge is -1.86. The van der Waals surface area contributed by atoms with Gasteiger partial charge in [0.25, 0.3) is 0 Å². The number of hydrogen-bond donors (Lipinski definition) is 1. The van der Waals surface area contributed by atoms with Crippen molar-refractivity contribution in [2.75, 3.05) is 6.61 Å². The van der Waals surface area contributed by atoms with E-state index in [0.717, 1.165) is 5.57 Å². The molecule has 0 rings (SSSR count). The van der Waals surface area contributed by atoms with E-state index in [2.05, 4.69) is 13.2 Å². The maximum absolute atomic E-state index is 8.33. The number of allylic oxidation sites excluding steroid dienone is 3. The number of hydrogen-bond acceptors (Lipinski definition) is 1. The molecule has 0 spiro atoms. The van der Waals surface area contributed by atoms with Crippen molar-refractivity contribution in [3.8, 4) is 0 Å². The van der Waals surface area contributed by atoms with Gasteiger partial charge in [0.2, 0.25) is 0 Å². The minimum Gasteiger partial charge on any atom is -0.392 e. The molecule has 1 N–H and O–H groups in total. The van der Waals surface area contributed by atoms with Gasteiger partial charge in [0.1, 0.15) is 0 Å². The first kappa shape index (κ1) is 7.18. The van der Waals surface area contributed by atoms with Gasteiger partial charge in [-0.05, 0) is 5.57 Å². The molecule has 44 valence electrons. The Morgan fingerprint density at radius 2 is 1.88 bits per heavy atom. The fourth-order valence-corrected chi connectivity index (χ4v) is 0.355. The molecular formula is C7H10O. The molecule has 0 heterocycles. The van der Waals surface area contributed by atoms with E-state index in [1.807, 2.05) is 0 Å². The van der Waals surface area contributed by atoms with E-state index in [0.29, 0.717) is 0 Å². The molecule has 0 amide bonds. The third-order valence-electron chi connectivity index (χ3n) is 0.798. The van der Waals surface area contributed by atoms with E-state index >= 15 is 0 Å². The minimum atomic E-state index is 0.0490. The largest absolute Gasteiger partial charge is 0.392 e. The van der Waals surface area contributed by atoms with Gasteiger partial charge in [-0.3, -0.25) is 0 Å². The molecule has 0 saturated carbocycles. The molecule has 0 unspecified atom stereocenters. The summed E-state index contributed by atoms with van der Waals surface area (Å²) in [5.41, 5.74) is 0.868. The third-order valence-corrected chi connectivity index (χ3v) is 0.798. The van der Waals surface area contributed by atoms with Crippen LogP contribution in [0.5, 0.6) is 0 Å². The highest BCUT2D eigenvalue weighted by molar-refractivity contribution is 5.26. The zero-order valence-corrected chi connectivity index (χ0v) is 4.80. The minimum absolute atomic E-state index is 0.0490. The predicted molar refractivity (Wildman–Crippen MR) is 35.6 cm³/mol. The normalized spacial score (nSPS) is 7.62. The summed E-state index contributed by atoms with van der Waals surface area (Å²) in [6.45, 7) is 7.05. The van der Waals surface area contributed by atoms with Crippen molar-refractivity contribution in [1.82, 2.24) is 0 Å². The van der Waals surface area contributed by atoms with Crippen LogP contribution in [0, 0.1) is 0 Å². The Morgan fingerprint density at radius 3 is 2.00 bits per heavy atom. The van der Waals surface area contributed by atoms with Crippen LogP contribution in [-0.4, -0.2) is 11.7 Å². The SMILES string of the molecule is C=CC(C=C)=CCO. The molecule has 1 nitrogen and oxygen atoms in total. The van der Waals surface area contributed by atoms with Gasteiger partial charge in [-0.1, -0.05) is 31.4 Å². The van der Waals surface area contributed by atoms with Gasteiger partial charge in [-0.25, -0.2) is 0 Å². The van der Waals surface area contributed by atoms with Gasteiger partial charge in [0.15, 0.2) is 0 Å². The molecular weight excluding hydrogens is 100 g/mol. The fraction of sp³-hybridized carbons (Fsp3) is 0.143. The summed E-state index contributed by atoms with van der Waals surface area (Å²) in [6, 6.07) is 0. The maximum atomic E-state index is 8.33. The second-order valence-electron chi connectivity index (χ2n) is 1.29. The molecule has 0 aliphatic carbocycles. The Bertz CT molecular complexity index is 102. The highest BCUT2D eigenvalue weighted by Crippen LogP contribution is 1.93. The van der Waals surface area contributed by atoms with Crippen LogP contribution in [0.2, 0.25) is 0 Å². The lowest BCUT2D eigenvalue weighted by molar-refractivity contribution is 0.342. The summed E-state index contributed by atoms with van der Waals surface area (Å²) >= 11 is 0. The van der Waals surface area contributed by atoms with Crippen molar-refractivity contribution < 1.29 is 5.11 Å². The molecule has 0 radical (unpaired) electrons. The number of rotatable bonds is 3. The molecule has 0 fully saturated rings. The zero-order chi connectivity index (χ0) is 6.41. The Kier molecular flexibility index (Phi) is 3.90. The second-order valence-corrected chi connectivity index (χ2v) is 1.29. The molecule has 1 heteroatoms. The highest BCUT2D eigenvalue weighted by Gasteiger charge is 1.76. The van der Waals surface area contributed by atoms with Crippen LogP contribution in [0.15, 0.2) is 37.0 Å². The van der Waals surface area contributed by atoms with E-state index in [4.69, 9.17) is 5.11 Å². The molecule has 0 aromatic carbocycles. The van der Waals surface area contributed by atoms with Gasteiger partial charge >= 0.3 is 0 Å². The van der Waals surface area contributed by atoms with Crippen molar-refractivity contribution in [3.63, 3.8) is 0 Å². The average molecular weight is 110 g/mol. The smallest absolute Gasteiger partial charge is 0.0621 e. The van der Waals surface area contributed by atoms with Gasteiger partial charge in [-0.2, -0.15) is 0 Å². The quantitative estimate of drug-likeness (QED) is 0.542. The number of aliphatic hydroxyl groups excluding tert-OH is 1. The van der Waals surface area contributed by atoms with Crippen molar-refractivity contribution in [3.05, 3.63) is 37.0 Å².